The van der Waals surface area contributed by atoms with Crippen molar-refractivity contribution in [2.75, 3.05) is 9.80 Å². The maximum absolute atomic E-state index is 2.62. The van der Waals surface area contributed by atoms with E-state index < -0.39 is 0 Å². The minimum atomic E-state index is -0.191. The summed E-state index contributed by atoms with van der Waals surface area (Å²) in [5, 5.41) is 2.54. The minimum Gasteiger partial charge on any atom is -0.311 e. The summed E-state index contributed by atoms with van der Waals surface area (Å²) in [5.74, 6) is 0. The molecule has 0 spiro atoms. The zero-order valence-corrected chi connectivity index (χ0v) is 52.0. The number of hydrogen-bond acceptors (Lipinski definition) is 2. The Morgan fingerprint density at radius 2 is 0.616 bits per heavy atom. The molecule has 0 radical (unpaired) electrons. The van der Waals surface area contributed by atoms with Gasteiger partial charge in [-0.05, 0) is 178 Å². The monoisotopic (exact) mass is 1110 g/mol. The third kappa shape index (κ3) is 9.37. The van der Waals surface area contributed by atoms with E-state index >= 15 is 0 Å². The number of rotatable bonds is 7. The van der Waals surface area contributed by atoms with Gasteiger partial charge in [0.1, 0.15) is 0 Å². The quantitative estimate of drug-likeness (QED) is 0.147. The van der Waals surface area contributed by atoms with E-state index in [4.69, 9.17) is 0 Å². The molecule has 0 saturated carbocycles. The molecule has 4 heteroatoms. The maximum atomic E-state index is 2.62. The number of fused-ring (bicyclic) bond motifs is 7. The second-order valence-corrected chi connectivity index (χ2v) is 28.3. The Labute approximate surface area is 510 Å². The highest BCUT2D eigenvalue weighted by molar-refractivity contribution is 7.00. The maximum Gasteiger partial charge on any atom is 0.252 e. The first-order valence-corrected chi connectivity index (χ1v) is 30.9. The summed E-state index contributed by atoms with van der Waals surface area (Å²) in [5.41, 5.74) is 28.8. The molecule has 1 aromatic heterocycles. The van der Waals surface area contributed by atoms with Crippen LogP contribution in [-0.4, -0.2) is 11.3 Å². The van der Waals surface area contributed by atoms with E-state index in [9.17, 15) is 0 Å². The van der Waals surface area contributed by atoms with Crippen molar-refractivity contribution in [2.45, 2.75) is 105 Å². The summed E-state index contributed by atoms with van der Waals surface area (Å²) in [7, 11) is 0. The molecular formula is C82H76BN3. The van der Waals surface area contributed by atoms with Crippen molar-refractivity contribution in [1.82, 2.24) is 4.57 Å². The van der Waals surface area contributed by atoms with Gasteiger partial charge in [0.2, 0.25) is 0 Å². The molecule has 3 heterocycles. The first-order valence-electron chi connectivity index (χ1n) is 30.9. The first-order chi connectivity index (χ1) is 41.2. The van der Waals surface area contributed by atoms with Gasteiger partial charge in [-0.1, -0.05) is 253 Å². The highest BCUT2D eigenvalue weighted by Gasteiger charge is 2.46. The topological polar surface area (TPSA) is 11.4 Å². The smallest absolute Gasteiger partial charge is 0.252 e. The van der Waals surface area contributed by atoms with Gasteiger partial charge in [0, 0.05) is 44.9 Å². The molecule has 0 N–H and O–H groups in total. The number of nitrogens with zero attached hydrogens (tertiary/aromatic N) is 3. The van der Waals surface area contributed by atoms with E-state index in [-0.39, 0.29) is 28.4 Å². The van der Waals surface area contributed by atoms with Crippen molar-refractivity contribution in [2.24, 2.45) is 0 Å². The summed E-state index contributed by atoms with van der Waals surface area (Å²) in [4.78, 5) is 5.24. The molecule has 0 atom stereocenters. The van der Waals surface area contributed by atoms with Crippen LogP contribution in [0.15, 0.2) is 243 Å². The van der Waals surface area contributed by atoms with Crippen LogP contribution in [-0.2, 0) is 21.7 Å². The van der Waals surface area contributed by atoms with Crippen LogP contribution in [0.3, 0.4) is 0 Å². The average molecular weight is 1110 g/mol. The minimum absolute atomic E-state index is 0.0416. The molecule has 0 saturated heterocycles. The van der Waals surface area contributed by atoms with E-state index in [1.54, 1.807) is 0 Å². The van der Waals surface area contributed by atoms with Crippen molar-refractivity contribution < 1.29 is 0 Å². The molecule has 0 amide bonds. The lowest BCUT2D eigenvalue weighted by Crippen LogP contribution is -2.61. The molecule has 0 fully saturated rings. The Balaban J connectivity index is 1.16. The van der Waals surface area contributed by atoms with Gasteiger partial charge in [0.25, 0.3) is 6.71 Å². The molecule has 2 aliphatic rings. The summed E-state index contributed by atoms with van der Waals surface area (Å²) >= 11 is 0. The van der Waals surface area contributed by atoms with Crippen molar-refractivity contribution in [3.63, 3.8) is 0 Å². The molecular weight excluding hydrogens is 1040 g/mol. The Kier molecular flexibility index (Phi) is 12.9. The van der Waals surface area contributed by atoms with E-state index in [1.807, 2.05) is 0 Å². The fourth-order valence-corrected chi connectivity index (χ4v) is 13.8. The number of benzene rings is 11. The Hall–Kier alpha value is -9.12. The van der Waals surface area contributed by atoms with Crippen LogP contribution in [0.2, 0.25) is 0 Å². The SMILES string of the molecule is CC(C)(C)c1ccc2c(c1)c1cc(C(C)(C)C)ccc1n2-c1cc2c3c(c1)N(c1ccc(-c4ccccc4)cc1)c1cc(-c4ccccc4)c(C(C)(C)C)cc1B3c1cc(C(C)(C)C)c(-c3ccccc3)cc1N2c1ccc(-c2ccccc2)cc1. The van der Waals surface area contributed by atoms with Crippen molar-refractivity contribution in [3.05, 3.63) is 265 Å². The van der Waals surface area contributed by atoms with Gasteiger partial charge < -0.3 is 14.4 Å². The van der Waals surface area contributed by atoms with Gasteiger partial charge in [-0.3, -0.25) is 0 Å². The predicted octanol–water partition coefficient (Wildman–Crippen LogP) is 20.7. The zero-order valence-electron chi connectivity index (χ0n) is 52.0. The van der Waals surface area contributed by atoms with Gasteiger partial charge in [-0.2, -0.15) is 0 Å². The van der Waals surface area contributed by atoms with E-state index in [1.165, 1.54) is 128 Å². The summed E-state index contributed by atoms with van der Waals surface area (Å²) in [6.45, 7) is 28.2. The molecule has 422 valence electrons. The van der Waals surface area contributed by atoms with Crippen molar-refractivity contribution >= 4 is 79.0 Å². The van der Waals surface area contributed by atoms with Crippen molar-refractivity contribution in [1.29, 1.82) is 0 Å². The summed E-state index contributed by atoms with van der Waals surface area (Å²) in [6, 6.07) is 92.3. The number of hydrogen-bond donors (Lipinski definition) is 0. The molecule has 3 nitrogen and oxygen atoms in total. The second-order valence-electron chi connectivity index (χ2n) is 28.3. The summed E-state index contributed by atoms with van der Waals surface area (Å²) < 4.78 is 2.57. The number of anilines is 6. The van der Waals surface area contributed by atoms with Crippen LogP contribution in [0.25, 0.3) is 72.0 Å². The Bertz CT molecular complexity index is 4280. The van der Waals surface area contributed by atoms with E-state index in [0.717, 1.165) is 17.1 Å². The average Bonchev–Trinajstić information content (AvgIpc) is 0.780. The molecule has 86 heavy (non-hydrogen) atoms. The van der Waals surface area contributed by atoms with Gasteiger partial charge in [0.05, 0.1) is 16.7 Å². The van der Waals surface area contributed by atoms with Gasteiger partial charge >= 0.3 is 0 Å². The van der Waals surface area contributed by atoms with Crippen molar-refractivity contribution in [3.8, 4) is 50.2 Å². The molecule has 11 aromatic carbocycles. The largest absolute Gasteiger partial charge is 0.311 e. The lowest BCUT2D eigenvalue weighted by molar-refractivity contribution is 0.590. The van der Waals surface area contributed by atoms with Crippen LogP contribution in [0.5, 0.6) is 0 Å². The van der Waals surface area contributed by atoms with Crippen LogP contribution in [0, 0.1) is 0 Å². The predicted molar refractivity (Wildman–Crippen MR) is 371 cm³/mol. The van der Waals surface area contributed by atoms with Crippen LogP contribution in [0.4, 0.5) is 34.1 Å². The fraction of sp³-hybridized carbons (Fsp3) is 0.195. The standard InChI is InChI=1S/C82H76BN3/c1-79(2,3)59-37-43-72-66(45-59)67-46-60(80(4,5)6)38-44-73(67)86(72)63-47-76-78-77(48-63)85(62-41-35-56(36-42-62)54-27-19-14-20-28-54)75-50-65(58-31-23-16-24-32-58)69(82(10,11)12)52-71(75)83(78)70-51-68(81(7,8)9)64(57-29-21-15-22-30-57)49-74(70)84(76)61-39-33-55(34-40-61)53-25-17-13-18-26-53/h13-52H,1-12H3. The third-order valence-electron chi connectivity index (χ3n) is 18.3. The van der Waals surface area contributed by atoms with Gasteiger partial charge in [-0.15, -0.1) is 0 Å². The molecule has 0 unspecified atom stereocenters. The van der Waals surface area contributed by atoms with Crippen LogP contribution < -0.4 is 26.2 Å². The summed E-state index contributed by atoms with van der Waals surface area (Å²) in [6.07, 6.45) is 0. The first kappa shape index (κ1) is 54.8. The normalized spacial score (nSPS) is 13.3. The molecule has 0 bridgehead atoms. The highest BCUT2D eigenvalue weighted by Crippen LogP contribution is 2.50. The lowest BCUT2D eigenvalue weighted by atomic mass is 9.33. The third-order valence-corrected chi connectivity index (χ3v) is 18.3. The van der Waals surface area contributed by atoms with Gasteiger partial charge in [0.15, 0.2) is 0 Å². The Morgan fingerprint density at radius 1 is 0.279 bits per heavy atom. The highest BCUT2D eigenvalue weighted by atomic mass is 15.2. The lowest BCUT2D eigenvalue weighted by Gasteiger charge is -2.46. The zero-order chi connectivity index (χ0) is 59.6. The molecule has 12 aromatic rings. The number of aromatic nitrogens is 1. The van der Waals surface area contributed by atoms with E-state index in [2.05, 4.69) is 340 Å². The second kappa shape index (κ2) is 20.3. The van der Waals surface area contributed by atoms with Crippen LogP contribution in [0.1, 0.15) is 105 Å². The molecule has 0 aliphatic carbocycles. The molecule has 14 rings (SSSR count). The van der Waals surface area contributed by atoms with Crippen LogP contribution >= 0.6 is 0 Å². The van der Waals surface area contributed by atoms with Gasteiger partial charge in [-0.25, -0.2) is 0 Å². The fourth-order valence-electron chi connectivity index (χ4n) is 13.8. The molecule has 2 aliphatic heterocycles. The Morgan fingerprint density at radius 3 is 0.953 bits per heavy atom. The van der Waals surface area contributed by atoms with E-state index in [0.29, 0.717) is 0 Å².